The summed E-state index contributed by atoms with van der Waals surface area (Å²) in [5, 5.41) is 11.8. The SMILES string of the molecule is CN1CCN(Cc2ccc(C(=O)NCCc3nc(C#N)ncc3Br)cc2)CC1. The van der Waals surface area contributed by atoms with Gasteiger partial charge >= 0.3 is 0 Å². The number of aromatic nitrogens is 2. The Bertz CT molecular complexity index is 856. The highest BCUT2D eigenvalue weighted by atomic mass is 79.9. The molecule has 1 aromatic heterocycles. The van der Waals surface area contributed by atoms with Crippen molar-refractivity contribution >= 4 is 21.8 Å². The van der Waals surface area contributed by atoms with Crippen LogP contribution in [-0.2, 0) is 13.0 Å². The number of hydrogen-bond acceptors (Lipinski definition) is 6. The molecule has 2 aromatic rings. The molecule has 0 atom stereocenters. The van der Waals surface area contributed by atoms with E-state index in [-0.39, 0.29) is 11.7 Å². The van der Waals surface area contributed by atoms with Crippen LogP contribution in [0.25, 0.3) is 0 Å². The number of carbonyl (C=O) groups is 1. The average Bonchev–Trinajstić information content (AvgIpc) is 2.71. The molecule has 0 radical (unpaired) electrons. The van der Waals surface area contributed by atoms with Crippen molar-refractivity contribution in [3.8, 4) is 6.07 Å². The van der Waals surface area contributed by atoms with Gasteiger partial charge in [0, 0.05) is 57.4 Å². The number of nitrogens with zero attached hydrogens (tertiary/aromatic N) is 5. The van der Waals surface area contributed by atoms with Crippen molar-refractivity contribution in [1.29, 1.82) is 5.26 Å². The van der Waals surface area contributed by atoms with E-state index >= 15 is 0 Å². The highest BCUT2D eigenvalue weighted by Crippen LogP contribution is 2.14. The fraction of sp³-hybridized carbons (Fsp3) is 0.400. The highest BCUT2D eigenvalue weighted by Gasteiger charge is 2.14. The first-order valence-corrected chi connectivity index (χ1v) is 10.0. The van der Waals surface area contributed by atoms with Crippen LogP contribution in [0.15, 0.2) is 34.9 Å². The number of hydrogen-bond donors (Lipinski definition) is 1. The maximum Gasteiger partial charge on any atom is 0.251 e. The Morgan fingerprint density at radius 1 is 1.25 bits per heavy atom. The minimum absolute atomic E-state index is 0.114. The predicted molar refractivity (Wildman–Crippen MR) is 110 cm³/mol. The maximum atomic E-state index is 12.4. The lowest BCUT2D eigenvalue weighted by atomic mass is 10.1. The Morgan fingerprint density at radius 3 is 2.64 bits per heavy atom. The van der Waals surface area contributed by atoms with Gasteiger partial charge in [-0.2, -0.15) is 5.26 Å². The average molecular weight is 443 g/mol. The second kappa shape index (κ2) is 9.73. The summed E-state index contributed by atoms with van der Waals surface area (Å²) in [5.41, 5.74) is 2.56. The van der Waals surface area contributed by atoms with Crippen LogP contribution in [0.2, 0.25) is 0 Å². The van der Waals surface area contributed by atoms with Crippen molar-refractivity contribution in [3.63, 3.8) is 0 Å². The molecule has 1 saturated heterocycles. The minimum Gasteiger partial charge on any atom is -0.352 e. The zero-order chi connectivity index (χ0) is 19.9. The van der Waals surface area contributed by atoms with Crippen molar-refractivity contribution in [2.24, 2.45) is 0 Å². The van der Waals surface area contributed by atoms with Crippen LogP contribution in [-0.4, -0.2) is 65.4 Å². The predicted octanol–water partition coefficient (Wildman–Crippen LogP) is 1.83. The molecule has 0 spiro atoms. The molecule has 0 unspecified atom stereocenters. The Morgan fingerprint density at radius 2 is 1.96 bits per heavy atom. The van der Waals surface area contributed by atoms with E-state index in [9.17, 15) is 4.79 Å². The number of piperazine rings is 1. The summed E-state index contributed by atoms with van der Waals surface area (Å²) in [7, 11) is 2.15. The summed E-state index contributed by atoms with van der Waals surface area (Å²) < 4.78 is 0.731. The number of amides is 1. The molecule has 1 N–H and O–H groups in total. The second-order valence-electron chi connectivity index (χ2n) is 6.88. The monoisotopic (exact) mass is 442 g/mol. The number of nitriles is 1. The van der Waals surface area contributed by atoms with Gasteiger partial charge in [-0.25, -0.2) is 9.97 Å². The van der Waals surface area contributed by atoms with Gasteiger partial charge < -0.3 is 10.2 Å². The molecule has 2 heterocycles. The summed E-state index contributed by atoms with van der Waals surface area (Å²) in [6.07, 6.45) is 2.08. The lowest BCUT2D eigenvalue weighted by molar-refractivity contribution is 0.0954. The van der Waals surface area contributed by atoms with Crippen molar-refractivity contribution in [2.45, 2.75) is 13.0 Å². The maximum absolute atomic E-state index is 12.4. The molecule has 0 saturated carbocycles. The molecule has 1 aromatic carbocycles. The third-order valence-electron chi connectivity index (χ3n) is 4.78. The van der Waals surface area contributed by atoms with Crippen LogP contribution in [0.4, 0.5) is 0 Å². The lowest BCUT2D eigenvalue weighted by Crippen LogP contribution is -2.43. The normalized spacial score (nSPS) is 15.2. The van der Waals surface area contributed by atoms with Crippen molar-refractivity contribution < 1.29 is 4.79 Å². The fourth-order valence-corrected chi connectivity index (χ4v) is 3.44. The van der Waals surface area contributed by atoms with Gasteiger partial charge in [0.2, 0.25) is 5.82 Å². The van der Waals surface area contributed by atoms with Crippen LogP contribution in [0.3, 0.4) is 0 Å². The Hall–Kier alpha value is -2.34. The Balaban J connectivity index is 1.49. The van der Waals surface area contributed by atoms with Gasteiger partial charge in [-0.05, 0) is 40.7 Å². The topological polar surface area (TPSA) is 85.1 Å². The van der Waals surface area contributed by atoms with Gasteiger partial charge in [0.25, 0.3) is 5.91 Å². The smallest absolute Gasteiger partial charge is 0.251 e. The van der Waals surface area contributed by atoms with E-state index in [1.54, 1.807) is 6.20 Å². The number of halogens is 1. The van der Waals surface area contributed by atoms with Crippen molar-refractivity contribution in [2.75, 3.05) is 39.8 Å². The first-order chi connectivity index (χ1) is 13.5. The van der Waals surface area contributed by atoms with E-state index in [4.69, 9.17) is 5.26 Å². The molecule has 146 valence electrons. The molecule has 0 aliphatic carbocycles. The molecular weight excluding hydrogens is 420 g/mol. The molecule has 1 aliphatic rings. The fourth-order valence-electron chi connectivity index (χ4n) is 3.05. The molecule has 1 fully saturated rings. The molecule has 28 heavy (non-hydrogen) atoms. The summed E-state index contributed by atoms with van der Waals surface area (Å²) >= 11 is 3.37. The number of carbonyl (C=O) groups excluding carboxylic acids is 1. The van der Waals surface area contributed by atoms with E-state index < -0.39 is 0 Å². The summed E-state index contributed by atoms with van der Waals surface area (Å²) in [5.74, 6) is 0.0114. The van der Waals surface area contributed by atoms with Gasteiger partial charge in [0.05, 0.1) is 10.2 Å². The van der Waals surface area contributed by atoms with Gasteiger partial charge in [0.1, 0.15) is 6.07 Å². The quantitative estimate of drug-likeness (QED) is 0.734. The van der Waals surface area contributed by atoms with E-state index in [0.717, 1.165) is 37.2 Å². The third kappa shape index (κ3) is 5.58. The molecule has 1 amide bonds. The molecule has 7 nitrogen and oxygen atoms in total. The zero-order valence-corrected chi connectivity index (χ0v) is 17.4. The molecule has 1 aliphatic heterocycles. The van der Waals surface area contributed by atoms with Crippen LogP contribution in [0.1, 0.15) is 27.4 Å². The van der Waals surface area contributed by atoms with Gasteiger partial charge in [-0.15, -0.1) is 0 Å². The number of nitrogens with one attached hydrogen (secondary N) is 1. The number of likely N-dealkylation sites (N-methyl/N-ethyl adjacent to an activating group) is 1. The molecule has 3 rings (SSSR count). The largest absolute Gasteiger partial charge is 0.352 e. The van der Waals surface area contributed by atoms with E-state index in [2.05, 4.69) is 48.1 Å². The summed E-state index contributed by atoms with van der Waals surface area (Å²) in [6, 6.07) is 9.70. The molecule has 8 heteroatoms. The third-order valence-corrected chi connectivity index (χ3v) is 5.44. The van der Waals surface area contributed by atoms with Crippen LogP contribution < -0.4 is 5.32 Å². The second-order valence-corrected chi connectivity index (χ2v) is 7.74. The zero-order valence-electron chi connectivity index (χ0n) is 15.9. The summed E-state index contributed by atoms with van der Waals surface area (Å²) in [6.45, 7) is 5.69. The van der Waals surface area contributed by atoms with E-state index in [0.29, 0.717) is 24.2 Å². The standard InChI is InChI=1S/C20H23BrN6O/c1-26-8-10-27(11-9-26)14-15-2-4-16(5-3-15)20(28)23-7-6-18-17(21)13-24-19(12-22)25-18/h2-5,13H,6-11,14H2,1H3,(H,23,28). The number of rotatable bonds is 6. The van der Waals surface area contributed by atoms with Crippen LogP contribution in [0.5, 0.6) is 0 Å². The Kier molecular flexibility index (Phi) is 7.09. The van der Waals surface area contributed by atoms with Gasteiger partial charge in [-0.3, -0.25) is 9.69 Å². The lowest BCUT2D eigenvalue weighted by Gasteiger charge is -2.32. The molecular formula is C20H23BrN6O. The van der Waals surface area contributed by atoms with E-state index in [1.807, 2.05) is 30.3 Å². The Labute approximate surface area is 173 Å². The van der Waals surface area contributed by atoms with Crippen molar-refractivity contribution in [3.05, 3.63) is 57.6 Å². The minimum atomic E-state index is -0.114. The molecule has 0 bridgehead atoms. The summed E-state index contributed by atoms with van der Waals surface area (Å²) in [4.78, 5) is 25.2. The van der Waals surface area contributed by atoms with Crippen molar-refractivity contribution in [1.82, 2.24) is 25.1 Å². The highest BCUT2D eigenvalue weighted by molar-refractivity contribution is 9.10. The van der Waals surface area contributed by atoms with Crippen LogP contribution >= 0.6 is 15.9 Å². The number of benzene rings is 1. The van der Waals surface area contributed by atoms with E-state index in [1.165, 1.54) is 5.56 Å². The van der Waals surface area contributed by atoms with Crippen LogP contribution in [0, 0.1) is 11.3 Å². The first-order valence-electron chi connectivity index (χ1n) is 9.24. The van der Waals surface area contributed by atoms with Gasteiger partial charge in [0.15, 0.2) is 0 Å². The first kappa shape index (κ1) is 20.4. The van der Waals surface area contributed by atoms with Gasteiger partial charge in [-0.1, -0.05) is 12.1 Å².